The highest BCUT2D eigenvalue weighted by Crippen LogP contribution is 2.41. The minimum Gasteiger partial charge on any atom is -0.422 e. The molecule has 0 aliphatic carbocycles. The minimum absolute atomic E-state index is 0.00370. The number of aromatic nitrogens is 2. The topological polar surface area (TPSA) is 57.4 Å². The molecule has 0 spiro atoms. The van der Waals surface area contributed by atoms with Gasteiger partial charge in [-0.25, -0.2) is 0 Å². The van der Waals surface area contributed by atoms with Crippen LogP contribution in [-0.4, -0.2) is 23.4 Å². The van der Waals surface area contributed by atoms with Gasteiger partial charge in [0.1, 0.15) is 6.10 Å². The highest BCUT2D eigenvalue weighted by atomic mass is 16.5. The fourth-order valence-corrected chi connectivity index (χ4v) is 3.11. The van der Waals surface area contributed by atoms with E-state index < -0.39 is 0 Å². The zero-order valence-corrected chi connectivity index (χ0v) is 11.8. The summed E-state index contributed by atoms with van der Waals surface area (Å²) in [5.41, 5.74) is 1.16. The first-order valence-electron chi connectivity index (χ1n) is 7.53. The predicted octanol–water partition coefficient (Wildman–Crippen LogP) is 3.17. The molecule has 0 radical (unpaired) electrons. The van der Waals surface area contributed by atoms with Crippen LogP contribution in [0.1, 0.15) is 54.7 Å². The van der Waals surface area contributed by atoms with Crippen LogP contribution in [0.25, 0.3) is 0 Å². The first-order chi connectivity index (χ1) is 10.4. The van der Waals surface area contributed by atoms with Crippen molar-refractivity contribution in [2.45, 2.75) is 37.4 Å². The second kappa shape index (κ2) is 5.58. The summed E-state index contributed by atoms with van der Waals surface area (Å²) in [6, 6.07) is 10.2. The Balaban J connectivity index is 1.57. The van der Waals surface area contributed by atoms with Crippen molar-refractivity contribution in [3.63, 3.8) is 0 Å². The number of hydrogen-bond donors (Lipinski definition) is 0. The molecule has 3 heterocycles. The average Bonchev–Trinajstić information content (AvgIpc) is 3.27. The number of rotatable bonds is 3. The average molecular weight is 286 g/mol. The van der Waals surface area contributed by atoms with E-state index in [-0.39, 0.29) is 18.1 Å². The SMILES string of the molecule is c1ccc([C@H]2OCC[C@@H]2c2nnc([C@H]3CCCO3)o2)cc1. The van der Waals surface area contributed by atoms with Crippen molar-refractivity contribution in [3.05, 3.63) is 47.7 Å². The Morgan fingerprint density at radius 3 is 2.57 bits per heavy atom. The smallest absolute Gasteiger partial charge is 0.245 e. The van der Waals surface area contributed by atoms with Gasteiger partial charge in [-0.3, -0.25) is 0 Å². The van der Waals surface area contributed by atoms with Gasteiger partial charge in [-0.15, -0.1) is 10.2 Å². The summed E-state index contributed by atoms with van der Waals surface area (Å²) < 4.78 is 17.4. The van der Waals surface area contributed by atoms with Gasteiger partial charge in [0.25, 0.3) is 0 Å². The fraction of sp³-hybridized carbons (Fsp3) is 0.500. The zero-order chi connectivity index (χ0) is 14.1. The molecule has 21 heavy (non-hydrogen) atoms. The fourth-order valence-electron chi connectivity index (χ4n) is 3.11. The summed E-state index contributed by atoms with van der Waals surface area (Å²) in [6.45, 7) is 1.50. The van der Waals surface area contributed by atoms with E-state index in [1.54, 1.807) is 0 Å². The van der Waals surface area contributed by atoms with Crippen LogP contribution in [0.4, 0.5) is 0 Å². The van der Waals surface area contributed by atoms with Crippen molar-refractivity contribution >= 4 is 0 Å². The first-order valence-corrected chi connectivity index (χ1v) is 7.53. The lowest BCUT2D eigenvalue weighted by molar-refractivity contribution is 0.0832. The molecule has 0 N–H and O–H groups in total. The lowest BCUT2D eigenvalue weighted by Gasteiger charge is -2.15. The normalized spacial score (nSPS) is 29.0. The molecule has 5 nitrogen and oxygen atoms in total. The van der Waals surface area contributed by atoms with Gasteiger partial charge in [0.2, 0.25) is 11.8 Å². The summed E-state index contributed by atoms with van der Waals surface area (Å²) in [7, 11) is 0. The molecule has 4 rings (SSSR count). The Bertz CT molecular complexity index is 593. The van der Waals surface area contributed by atoms with E-state index in [1.807, 2.05) is 18.2 Å². The third-order valence-electron chi connectivity index (χ3n) is 4.20. The van der Waals surface area contributed by atoms with Gasteiger partial charge in [0.15, 0.2) is 0 Å². The third kappa shape index (κ3) is 2.47. The van der Waals surface area contributed by atoms with Gasteiger partial charge < -0.3 is 13.9 Å². The van der Waals surface area contributed by atoms with Crippen LogP contribution in [0.5, 0.6) is 0 Å². The molecule has 3 atom stereocenters. The Labute approximate surface area is 123 Å². The van der Waals surface area contributed by atoms with Crippen molar-refractivity contribution in [2.75, 3.05) is 13.2 Å². The molecular weight excluding hydrogens is 268 g/mol. The molecule has 2 saturated heterocycles. The van der Waals surface area contributed by atoms with Crippen molar-refractivity contribution in [3.8, 4) is 0 Å². The van der Waals surface area contributed by atoms with Crippen molar-refractivity contribution in [1.29, 1.82) is 0 Å². The monoisotopic (exact) mass is 286 g/mol. The summed E-state index contributed by atoms with van der Waals surface area (Å²) in [5, 5.41) is 8.42. The third-order valence-corrected chi connectivity index (χ3v) is 4.20. The highest BCUT2D eigenvalue weighted by molar-refractivity contribution is 5.21. The standard InChI is InChI=1S/C16H18N2O3/c1-2-5-11(6-3-1)14-12(8-10-20-14)15-17-18-16(21-15)13-7-4-9-19-13/h1-3,5-6,12-14H,4,7-10H2/t12-,13+,14+/m0/s1. The highest BCUT2D eigenvalue weighted by Gasteiger charge is 2.35. The van der Waals surface area contributed by atoms with Crippen LogP contribution < -0.4 is 0 Å². The van der Waals surface area contributed by atoms with E-state index in [2.05, 4.69) is 22.3 Å². The minimum atomic E-state index is -0.0243. The van der Waals surface area contributed by atoms with Crippen LogP contribution in [0, 0.1) is 0 Å². The molecule has 2 fully saturated rings. The van der Waals surface area contributed by atoms with Crippen molar-refractivity contribution < 1.29 is 13.9 Å². The summed E-state index contributed by atoms with van der Waals surface area (Å²) in [6.07, 6.45) is 2.91. The lowest BCUT2D eigenvalue weighted by atomic mass is 9.95. The van der Waals surface area contributed by atoms with Gasteiger partial charge in [-0.2, -0.15) is 0 Å². The maximum Gasteiger partial charge on any atom is 0.245 e. The van der Waals surface area contributed by atoms with Gasteiger partial charge in [0.05, 0.1) is 12.0 Å². The van der Waals surface area contributed by atoms with Crippen LogP contribution >= 0.6 is 0 Å². The molecule has 0 saturated carbocycles. The number of hydrogen-bond acceptors (Lipinski definition) is 5. The Hall–Kier alpha value is -1.72. The van der Waals surface area contributed by atoms with E-state index >= 15 is 0 Å². The number of ether oxygens (including phenoxy) is 2. The van der Waals surface area contributed by atoms with E-state index in [0.717, 1.165) is 38.0 Å². The molecule has 2 aliphatic rings. The summed E-state index contributed by atoms with van der Waals surface area (Å²) >= 11 is 0. The number of benzene rings is 1. The van der Waals surface area contributed by atoms with Crippen molar-refractivity contribution in [2.24, 2.45) is 0 Å². The quantitative estimate of drug-likeness (QED) is 0.867. The summed E-state index contributed by atoms with van der Waals surface area (Å²) in [5.74, 6) is 1.42. The van der Waals surface area contributed by atoms with E-state index in [4.69, 9.17) is 13.9 Å². The predicted molar refractivity (Wildman–Crippen MR) is 74.7 cm³/mol. The molecule has 5 heteroatoms. The van der Waals surface area contributed by atoms with Crippen LogP contribution in [-0.2, 0) is 9.47 Å². The number of nitrogens with zero attached hydrogens (tertiary/aromatic N) is 2. The van der Waals surface area contributed by atoms with Crippen LogP contribution in [0.15, 0.2) is 34.7 Å². The molecule has 1 aromatic carbocycles. The van der Waals surface area contributed by atoms with E-state index in [9.17, 15) is 0 Å². The van der Waals surface area contributed by atoms with E-state index in [0.29, 0.717) is 11.8 Å². The first kappa shape index (κ1) is 13.0. The van der Waals surface area contributed by atoms with Gasteiger partial charge in [0, 0.05) is 13.2 Å². The zero-order valence-electron chi connectivity index (χ0n) is 11.8. The molecule has 0 amide bonds. The van der Waals surface area contributed by atoms with Gasteiger partial charge in [-0.05, 0) is 24.8 Å². The van der Waals surface area contributed by atoms with Crippen LogP contribution in [0.3, 0.4) is 0 Å². The Morgan fingerprint density at radius 2 is 1.76 bits per heavy atom. The lowest BCUT2D eigenvalue weighted by Crippen LogP contribution is -2.06. The molecular formula is C16H18N2O3. The molecule has 1 aromatic heterocycles. The van der Waals surface area contributed by atoms with Crippen molar-refractivity contribution in [1.82, 2.24) is 10.2 Å². The Morgan fingerprint density at radius 1 is 0.905 bits per heavy atom. The molecule has 0 bridgehead atoms. The maximum atomic E-state index is 5.88. The molecule has 110 valence electrons. The second-order valence-electron chi connectivity index (χ2n) is 5.58. The molecule has 2 aliphatic heterocycles. The molecule has 0 unspecified atom stereocenters. The Kier molecular flexibility index (Phi) is 3.45. The largest absolute Gasteiger partial charge is 0.422 e. The van der Waals surface area contributed by atoms with Crippen LogP contribution in [0.2, 0.25) is 0 Å². The maximum absolute atomic E-state index is 5.88. The molecule has 2 aromatic rings. The van der Waals surface area contributed by atoms with Gasteiger partial charge >= 0.3 is 0 Å². The second-order valence-corrected chi connectivity index (χ2v) is 5.58. The van der Waals surface area contributed by atoms with E-state index in [1.165, 1.54) is 0 Å². The van der Waals surface area contributed by atoms with Gasteiger partial charge in [-0.1, -0.05) is 30.3 Å². The summed E-state index contributed by atoms with van der Waals surface area (Å²) in [4.78, 5) is 0.